The number of rotatable bonds is 3. The van der Waals surface area contributed by atoms with Gasteiger partial charge in [0.25, 0.3) is 0 Å². The predicted molar refractivity (Wildman–Crippen MR) is 70.9 cm³/mol. The van der Waals surface area contributed by atoms with E-state index in [4.69, 9.17) is 0 Å². The molecule has 1 aromatic carbocycles. The zero-order chi connectivity index (χ0) is 12.2. The van der Waals surface area contributed by atoms with Crippen molar-refractivity contribution < 1.29 is 0 Å². The molecule has 3 rings (SSSR count). The predicted octanol–water partition coefficient (Wildman–Crippen LogP) is 2.81. The van der Waals surface area contributed by atoms with E-state index in [1.807, 2.05) is 6.20 Å². The van der Waals surface area contributed by atoms with E-state index >= 15 is 0 Å². The molecule has 3 heteroatoms. The maximum atomic E-state index is 4.45. The Bertz CT molecular complexity index is 484. The minimum Gasteiger partial charge on any atom is -0.290 e. The Morgan fingerprint density at radius 2 is 2.06 bits per heavy atom. The lowest BCUT2D eigenvalue weighted by molar-refractivity contribution is 0.244. The highest BCUT2D eigenvalue weighted by molar-refractivity contribution is 5.16. The lowest BCUT2D eigenvalue weighted by Crippen LogP contribution is -2.23. The Labute approximate surface area is 108 Å². The third-order valence-electron chi connectivity index (χ3n) is 3.52. The molecule has 0 N–H and O–H groups in total. The summed E-state index contributed by atoms with van der Waals surface area (Å²) >= 11 is 0. The number of benzene rings is 1. The summed E-state index contributed by atoms with van der Waals surface area (Å²) in [5.41, 5.74) is 2.47. The Balaban J connectivity index is 1.76. The van der Waals surface area contributed by atoms with Gasteiger partial charge < -0.3 is 0 Å². The molecule has 2 heterocycles. The number of likely N-dealkylation sites (tertiary alicyclic amines) is 1. The number of hydrogen-bond donors (Lipinski definition) is 0. The van der Waals surface area contributed by atoms with Gasteiger partial charge in [-0.25, -0.2) is 0 Å². The van der Waals surface area contributed by atoms with Crippen molar-refractivity contribution in [2.24, 2.45) is 0 Å². The third-order valence-corrected chi connectivity index (χ3v) is 3.52. The molecule has 0 bridgehead atoms. The van der Waals surface area contributed by atoms with Crippen LogP contribution in [0.4, 0.5) is 0 Å². The standard InChI is InChI=1S/C15H17N3/c1-2-5-13(6-3-1)12-18-10-4-7-15(18)14-11-16-8-9-17-14/h1-3,5-6,8-9,11,15H,4,7,10,12H2. The molecule has 1 atom stereocenters. The minimum absolute atomic E-state index is 0.430. The first-order valence-corrected chi connectivity index (χ1v) is 6.47. The van der Waals surface area contributed by atoms with Gasteiger partial charge in [-0.2, -0.15) is 0 Å². The molecule has 1 fully saturated rings. The van der Waals surface area contributed by atoms with Gasteiger partial charge in [0.15, 0.2) is 0 Å². The van der Waals surface area contributed by atoms with Crippen molar-refractivity contribution in [2.45, 2.75) is 25.4 Å². The molecule has 1 saturated heterocycles. The molecule has 0 spiro atoms. The normalized spacial score (nSPS) is 20.1. The first kappa shape index (κ1) is 11.4. The van der Waals surface area contributed by atoms with Gasteiger partial charge in [0.1, 0.15) is 0 Å². The van der Waals surface area contributed by atoms with Crippen molar-refractivity contribution in [2.75, 3.05) is 6.54 Å². The summed E-state index contributed by atoms with van der Waals surface area (Å²) < 4.78 is 0. The van der Waals surface area contributed by atoms with Gasteiger partial charge in [0.2, 0.25) is 0 Å². The fraction of sp³-hybridized carbons (Fsp3) is 0.333. The van der Waals surface area contributed by atoms with Crippen molar-refractivity contribution in [3.63, 3.8) is 0 Å². The van der Waals surface area contributed by atoms with Crippen molar-refractivity contribution in [1.29, 1.82) is 0 Å². The fourth-order valence-electron chi connectivity index (χ4n) is 2.65. The summed E-state index contributed by atoms with van der Waals surface area (Å²) in [6.45, 7) is 2.15. The zero-order valence-corrected chi connectivity index (χ0v) is 10.4. The van der Waals surface area contributed by atoms with E-state index in [0.717, 1.165) is 18.8 Å². The van der Waals surface area contributed by atoms with E-state index in [1.165, 1.54) is 18.4 Å². The van der Waals surface area contributed by atoms with Crippen LogP contribution < -0.4 is 0 Å². The number of aromatic nitrogens is 2. The number of nitrogens with zero attached hydrogens (tertiary/aromatic N) is 3. The van der Waals surface area contributed by atoms with Gasteiger partial charge >= 0.3 is 0 Å². The summed E-state index contributed by atoms with van der Waals surface area (Å²) in [5, 5.41) is 0. The highest BCUT2D eigenvalue weighted by Gasteiger charge is 2.26. The van der Waals surface area contributed by atoms with Crippen LogP contribution >= 0.6 is 0 Å². The Hall–Kier alpha value is -1.74. The molecule has 3 nitrogen and oxygen atoms in total. The molecule has 2 aromatic rings. The molecule has 18 heavy (non-hydrogen) atoms. The molecule has 1 aliphatic heterocycles. The second-order valence-electron chi connectivity index (χ2n) is 4.74. The monoisotopic (exact) mass is 239 g/mol. The summed E-state index contributed by atoms with van der Waals surface area (Å²) in [7, 11) is 0. The smallest absolute Gasteiger partial charge is 0.0758 e. The van der Waals surface area contributed by atoms with Gasteiger partial charge in [-0.05, 0) is 24.9 Å². The van der Waals surface area contributed by atoms with E-state index < -0.39 is 0 Å². The average molecular weight is 239 g/mol. The van der Waals surface area contributed by atoms with Crippen molar-refractivity contribution >= 4 is 0 Å². The van der Waals surface area contributed by atoms with Crippen LogP contribution in [0.3, 0.4) is 0 Å². The van der Waals surface area contributed by atoms with Gasteiger partial charge in [0.05, 0.1) is 11.7 Å². The molecule has 0 saturated carbocycles. The molecule has 1 aromatic heterocycles. The SMILES string of the molecule is c1ccc(CN2CCCC2c2cnccn2)cc1. The van der Waals surface area contributed by atoms with Crippen LogP contribution in [0, 0.1) is 0 Å². The molecular weight excluding hydrogens is 222 g/mol. The molecule has 0 aliphatic carbocycles. The van der Waals surface area contributed by atoms with E-state index in [1.54, 1.807) is 12.4 Å². The van der Waals surface area contributed by atoms with Crippen LogP contribution in [0.25, 0.3) is 0 Å². The lowest BCUT2D eigenvalue weighted by atomic mass is 10.1. The van der Waals surface area contributed by atoms with E-state index in [9.17, 15) is 0 Å². The Morgan fingerprint density at radius 3 is 2.83 bits per heavy atom. The zero-order valence-electron chi connectivity index (χ0n) is 10.4. The topological polar surface area (TPSA) is 29.0 Å². The summed E-state index contributed by atoms with van der Waals surface area (Å²) in [5.74, 6) is 0. The Kier molecular flexibility index (Phi) is 3.33. The molecule has 1 unspecified atom stereocenters. The summed E-state index contributed by atoms with van der Waals surface area (Å²) in [6, 6.07) is 11.1. The van der Waals surface area contributed by atoms with Crippen LogP contribution in [0.2, 0.25) is 0 Å². The van der Waals surface area contributed by atoms with Gasteiger partial charge in [-0.15, -0.1) is 0 Å². The summed E-state index contributed by atoms with van der Waals surface area (Å²) in [4.78, 5) is 11.1. The van der Waals surface area contributed by atoms with Gasteiger partial charge in [0, 0.05) is 25.1 Å². The van der Waals surface area contributed by atoms with Crippen molar-refractivity contribution in [1.82, 2.24) is 14.9 Å². The maximum absolute atomic E-state index is 4.45. The average Bonchev–Trinajstić information content (AvgIpc) is 2.89. The first-order chi connectivity index (χ1) is 8.93. The molecule has 0 radical (unpaired) electrons. The van der Waals surface area contributed by atoms with E-state index in [2.05, 4.69) is 45.2 Å². The molecular formula is C15H17N3. The number of hydrogen-bond acceptors (Lipinski definition) is 3. The lowest BCUT2D eigenvalue weighted by Gasteiger charge is -2.23. The molecule has 0 amide bonds. The minimum atomic E-state index is 0.430. The second-order valence-corrected chi connectivity index (χ2v) is 4.74. The van der Waals surface area contributed by atoms with E-state index in [-0.39, 0.29) is 0 Å². The maximum Gasteiger partial charge on any atom is 0.0758 e. The van der Waals surface area contributed by atoms with Gasteiger partial charge in [-0.1, -0.05) is 30.3 Å². The highest BCUT2D eigenvalue weighted by Crippen LogP contribution is 2.31. The fourth-order valence-corrected chi connectivity index (χ4v) is 2.65. The second kappa shape index (κ2) is 5.27. The molecule has 1 aliphatic rings. The van der Waals surface area contributed by atoms with Crippen molar-refractivity contribution in [3.8, 4) is 0 Å². The van der Waals surface area contributed by atoms with Crippen LogP contribution in [0.5, 0.6) is 0 Å². The Morgan fingerprint density at radius 1 is 1.17 bits per heavy atom. The van der Waals surface area contributed by atoms with Crippen LogP contribution in [-0.4, -0.2) is 21.4 Å². The quantitative estimate of drug-likeness (QED) is 0.824. The van der Waals surface area contributed by atoms with E-state index in [0.29, 0.717) is 6.04 Å². The van der Waals surface area contributed by atoms with Crippen LogP contribution in [-0.2, 0) is 6.54 Å². The highest BCUT2D eigenvalue weighted by atomic mass is 15.2. The van der Waals surface area contributed by atoms with Crippen LogP contribution in [0.1, 0.15) is 30.1 Å². The van der Waals surface area contributed by atoms with Crippen LogP contribution in [0.15, 0.2) is 48.9 Å². The molecule has 92 valence electrons. The first-order valence-electron chi connectivity index (χ1n) is 6.47. The largest absolute Gasteiger partial charge is 0.290 e. The van der Waals surface area contributed by atoms with Crippen molar-refractivity contribution in [3.05, 3.63) is 60.2 Å². The third kappa shape index (κ3) is 2.41. The summed E-state index contributed by atoms with van der Waals surface area (Å²) in [6.07, 6.45) is 7.85. The van der Waals surface area contributed by atoms with Gasteiger partial charge in [-0.3, -0.25) is 14.9 Å².